The molecule has 0 aliphatic heterocycles. The largest absolute Gasteiger partial charge is 0.425 e. The lowest BCUT2D eigenvalue weighted by Gasteiger charge is -2.14. The predicted octanol–water partition coefficient (Wildman–Crippen LogP) is 3.85. The average molecular weight is 439 g/mol. The molecule has 0 fully saturated rings. The van der Waals surface area contributed by atoms with Crippen molar-refractivity contribution >= 4 is 22.8 Å². The van der Waals surface area contributed by atoms with Crippen molar-refractivity contribution < 1.29 is 4.74 Å². The molecule has 0 saturated heterocycles. The van der Waals surface area contributed by atoms with Gasteiger partial charge in [0.1, 0.15) is 5.75 Å². The van der Waals surface area contributed by atoms with Crippen molar-refractivity contribution in [1.82, 2.24) is 18.7 Å². The molecule has 0 N–H and O–H groups in total. The zero-order chi connectivity index (χ0) is 22.4. The fourth-order valence-electron chi connectivity index (χ4n) is 3.84. The van der Waals surface area contributed by atoms with Crippen LogP contribution in [-0.2, 0) is 20.6 Å². The molecule has 0 saturated carbocycles. The maximum atomic E-state index is 13.0. The third-order valence-corrected chi connectivity index (χ3v) is 5.62. The van der Waals surface area contributed by atoms with Gasteiger partial charge in [0.05, 0.1) is 6.54 Å². The summed E-state index contributed by atoms with van der Waals surface area (Å²) in [4.78, 5) is 30.0. The Morgan fingerprint density at radius 1 is 0.968 bits per heavy atom. The molecule has 0 bridgehead atoms. The first-order valence-corrected chi connectivity index (χ1v) is 10.2. The van der Waals surface area contributed by atoms with Gasteiger partial charge in [-0.1, -0.05) is 41.4 Å². The normalized spacial score (nSPS) is 11.3. The van der Waals surface area contributed by atoms with E-state index in [0.717, 1.165) is 26.8 Å². The van der Waals surface area contributed by atoms with E-state index < -0.39 is 11.2 Å². The van der Waals surface area contributed by atoms with Gasteiger partial charge in [-0.25, -0.2) is 4.79 Å². The third-order valence-electron chi connectivity index (χ3n) is 5.36. The van der Waals surface area contributed by atoms with Gasteiger partial charge in [-0.3, -0.25) is 18.5 Å². The molecule has 2 aromatic heterocycles. The fourth-order valence-corrected chi connectivity index (χ4v) is 3.97. The van der Waals surface area contributed by atoms with E-state index >= 15 is 0 Å². The Kier molecular flexibility index (Phi) is 5.23. The number of ether oxygens (including phenoxy) is 1. The summed E-state index contributed by atoms with van der Waals surface area (Å²) in [5, 5.41) is 0.625. The van der Waals surface area contributed by atoms with Crippen molar-refractivity contribution in [3.8, 4) is 11.8 Å². The van der Waals surface area contributed by atoms with E-state index in [9.17, 15) is 9.59 Å². The second-order valence-electron chi connectivity index (χ2n) is 7.81. The fraction of sp³-hybridized carbons (Fsp3) is 0.261. The van der Waals surface area contributed by atoms with Gasteiger partial charge in [0.25, 0.3) is 5.56 Å². The van der Waals surface area contributed by atoms with E-state index in [2.05, 4.69) is 4.98 Å². The number of benzene rings is 2. The van der Waals surface area contributed by atoms with Crippen molar-refractivity contribution in [2.24, 2.45) is 14.1 Å². The zero-order valence-electron chi connectivity index (χ0n) is 18.1. The molecule has 160 valence electrons. The van der Waals surface area contributed by atoms with Crippen LogP contribution in [0.2, 0.25) is 5.02 Å². The Hall–Kier alpha value is -3.32. The van der Waals surface area contributed by atoms with Crippen LogP contribution in [0.3, 0.4) is 0 Å². The Morgan fingerprint density at radius 2 is 1.58 bits per heavy atom. The summed E-state index contributed by atoms with van der Waals surface area (Å²) in [6, 6.07) is 11.7. The molecule has 0 amide bonds. The standard InChI is InChI=1S/C23H23ClN4O3/c1-13-10-14(2)19(15(3)11-13)31-22-25-20-18(21(29)27(5)23(30)26(20)4)28(22)12-16-6-8-17(24)9-7-16/h6-11H,12H2,1-5H3. The number of rotatable bonds is 4. The highest BCUT2D eigenvalue weighted by atomic mass is 35.5. The monoisotopic (exact) mass is 438 g/mol. The molecule has 4 rings (SSSR count). The van der Waals surface area contributed by atoms with Gasteiger partial charge >= 0.3 is 11.7 Å². The molecule has 31 heavy (non-hydrogen) atoms. The van der Waals surface area contributed by atoms with Gasteiger partial charge in [-0.05, 0) is 49.6 Å². The third kappa shape index (κ3) is 3.65. The number of nitrogens with zero attached hydrogens (tertiary/aromatic N) is 4. The lowest BCUT2D eigenvalue weighted by molar-refractivity contribution is 0.415. The van der Waals surface area contributed by atoms with E-state index in [1.165, 1.54) is 11.6 Å². The Morgan fingerprint density at radius 3 is 2.19 bits per heavy atom. The van der Waals surface area contributed by atoms with Crippen LogP contribution in [0.15, 0.2) is 46.0 Å². The highest BCUT2D eigenvalue weighted by molar-refractivity contribution is 6.30. The maximum Gasteiger partial charge on any atom is 0.332 e. The van der Waals surface area contributed by atoms with Gasteiger partial charge in [-0.15, -0.1) is 0 Å². The molecule has 2 heterocycles. The van der Waals surface area contributed by atoms with Crippen LogP contribution in [-0.4, -0.2) is 18.7 Å². The molecule has 2 aromatic carbocycles. The Labute approximate surface area is 184 Å². The second kappa shape index (κ2) is 7.74. The molecule has 0 unspecified atom stereocenters. The van der Waals surface area contributed by atoms with Crippen LogP contribution in [0, 0.1) is 20.8 Å². The highest BCUT2D eigenvalue weighted by Crippen LogP contribution is 2.31. The van der Waals surface area contributed by atoms with Crippen molar-refractivity contribution in [2.75, 3.05) is 0 Å². The second-order valence-corrected chi connectivity index (χ2v) is 8.25. The van der Waals surface area contributed by atoms with Gasteiger partial charge in [0.2, 0.25) is 0 Å². The van der Waals surface area contributed by atoms with Crippen LogP contribution < -0.4 is 16.0 Å². The lowest BCUT2D eigenvalue weighted by Crippen LogP contribution is -2.37. The number of fused-ring (bicyclic) bond motifs is 1. The predicted molar refractivity (Wildman–Crippen MR) is 121 cm³/mol. The number of hydrogen-bond acceptors (Lipinski definition) is 4. The summed E-state index contributed by atoms with van der Waals surface area (Å²) in [6.45, 7) is 6.30. The molecule has 0 atom stereocenters. The number of aromatic nitrogens is 4. The minimum atomic E-state index is -0.442. The summed E-state index contributed by atoms with van der Waals surface area (Å²) in [6.07, 6.45) is 0. The molecule has 7 nitrogen and oxygen atoms in total. The SMILES string of the molecule is Cc1cc(C)c(Oc2nc3c(c(=O)n(C)c(=O)n3C)n2Cc2ccc(Cl)cc2)c(C)c1. The number of imidazole rings is 1. The quantitative estimate of drug-likeness (QED) is 0.485. The van der Waals surface area contributed by atoms with Crippen molar-refractivity contribution in [3.05, 3.63) is 84.5 Å². The highest BCUT2D eigenvalue weighted by Gasteiger charge is 2.22. The van der Waals surface area contributed by atoms with Gasteiger partial charge < -0.3 is 4.74 Å². The van der Waals surface area contributed by atoms with Crippen LogP contribution in [0.4, 0.5) is 0 Å². The summed E-state index contributed by atoms with van der Waals surface area (Å²) in [5.41, 5.74) is 3.69. The van der Waals surface area contributed by atoms with Crippen molar-refractivity contribution in [3.63, 3.8) is 0 Å². The van der Waals surface area contributed by atoms with E-state index in [-0.39, 0.29) is 11.7 Å². The van der Waals surface area contributed by atoms with Crippen LogP contribution in [0.5, 0.6) is 11.8 Å². The molecule has 0 radical (unpaired) electrons. The van der Waals surface area contributed by atoms with Crippen LogP contribution >= 0.6 is 11.6 Å². The van der Waals surface area contributed by atoms with Crippen molar-refractivity contribution in [2.45, 2.75) is 27.3 Å². The molecule has 4 aromatic rings. The number of hydrogen-bond donors (Lipinski definition) is 0. The molecule has 0 spiro atoms. The maximum absolute atomic E-state index is 13.0. The van der Waals surface area contributed by atoms with Gasteiger partial charge in [-0.2, -0.15) is 4.98 Å². The molecule has 0 aliphatic carbocycles. The first-order chi connectivity index (χ1) is 14.7. The minimum absolute atomic E-state index is 0.248. The summed E-state index contributed by atoms with van der Waals surface area (Å²) in [7, 11) is 3.05. The molecule has 8 heteroatoms. The molecular weight excluding hydrogens is 416 g/mol. The summed E-state index contributed by atoms with van der Waals surface area (Å²) < 4.78 is 10.4. The first kappa shape index (κ1) is 20.9. The van der Waals surface area contributed by atoms with E-state index in [0.29, 0.717) is 22.8 Å². The van der Waals surface area contributed by atoms with E-state index in [1.54, 1.807) is 23.7 Å². The topological polar surface area (TPSA) is 71.1 Å². The zero-order valence-corrected chi connectivity index (χ0v) is 18.8. The van der Waals surface area contributed by atoms with E-state index in [1.807, 2.05) is 45.0 Å². The van der Waals surface area contributed by atoms with E-state index in [4.69, 9.17) is 16.3 Å². The summed E-state index contributed by atoms with van der Waals surface area (Å²) in [5.74, 6) is 0.681. The average Bonchev–Trinajstić information content (AvgIpc) is 3.07. The Balaban J connectivity index is 1.97. The lowest BCUT2D eigenvalue weighted by atomic mass is 10.1. The molecule has 0 aliphatic rings. The van der Waals surface area contributed by atoms with Crippen LogP contribution in [0.25, 0.3) is 11.2 Å². The summed E-state index contributed by atoms with van der Waals surface area (Å²) >= 11 is 6.02. The minimum Gasteiger partial charge on any atom is -0.425 e. The number of halogens is 1. The van der Waals surface area contributed by atoms with Crippen LogP contribution in [0.1, 0.15) is 22.3 Å². The smallest absolute Gasteiger partial charge is 0.332 e. The van der Waals surface area contributed by atoms with Gasteiger partial charge in [0.15, 0.2) is 11.2 Å². The number of aryl methyl sites for hydroxylation is 4. The van der Waals surface area contributed by atoms with Gasteiger partial charge in [0, 0.05) is 19.1 Å². The van der Waals surface area contributed by atoms with Crippen molar-refractivity contribution in [1.29, 1.82) is 0 Å². The first-order valence-electron chi connectivity index (χ1n) is 9.83. The Bertz CT molecular complexity index is 1410. The molecular formula is C23H23ClN4O3.